The normalized spacial score (nSPS) is 15.2. The van der Waals surface area contributed by atoms with E-state index in [0.717, 1.165) is 34.3 Å². The molecule has 0 unspecified atom stereocenters. The molecule has 0 aliphatic rings. The molecule has 0 aliphatic heterocycles. The minimum Gasteiger partial charge on any atom is -0.500 e. The van der Waals surface area contributed by atoms with Crippen molar-refractivity contribution in [1.82, 2.24) is 15.0 Å². The average Bonchev–Trinajstić information content (AvgIpc) is 3.67. The van der Waals surface area contributed by atoms with Crippen molar-refractivity contribution in [1.29, 1.82) is 0 Å². The second kappa shape index (κ2) is 12.4. The van der Waals surface area contributed by atoms with Crippen molar-refractivity contribution < 1.29 is 41.3 Å². The van der Waals surface area contributed by atoms with Gasteiger partial charge in [-0.2, -0.15) is 0 Å². The molecule has 0 atom stereocenters. The van der Waals surface area contributed by atoms with Crippen LogP contribution in [0.4, 0.5) is 0 Å². The molecule has 8 rings (SSSR count). The number of fused-ring (bicyclic) bond motifs is 6. The fourth-order valence-electron chi connectivity index (χ4n) is 5.26. The van der Waals surface area contributed by atoms with Gasteiger partial charge < -0.3 is 23.8 Å². The summed E-state index contributed by atoms with van der Waals surface area (Å²) in [6, 6.07) is 27.5. The van der Waals surface area contributed by atoms with Gasteiger partial charge in [0.05, 0.1) is 13.7 Å². The molecule has 0 aliphatic carbocycles. The predicted molar refractivity (Wildman–Crippen MR) is 187 cm³/mol. The van der Waals surface area contributed by atoms with E-state index in [1.165, 1.54) is 5.19 Å². The first kappa shape index (κ1) is 22.2. The van der Waals surface area contributed by atoms with Gasteiger partial charge in [0.15, 0.2) is 0 Å². The monoisotopic (exact) mass is 805 g/mol. The Hall–Kier alpha value is -4.42. The Labute approximate surface area is 295 Å². The number of pyridine rings is 3. The third-order valence-electron chi connectivity index (χ3n) is 7.71. The van der Waals surface area contributed by atoms with Crippen molar-refractivity contribution in [2.45, 2.75) is 40.2 Å². The fraction of sp³-hybridized carbons (Fsp3) is 0.154. The zero-order valence-electron chi connectivity index (χ0n) is 34.2. The third kappa shape index (κ3) is 5.82. The summed E-state index contributed by atoms with van der Waals surface area (Å²) in [7, 11) is -1.23. The molecule has 5 aromatic heterocycles. The second-order valence-electron chi connectivity index (χ2n) is 11.8. The maximum atomic E-state index is 8.06. The van der Waals surface area contributed by atoms with E-state index in [0.29, 0.717) is 22.1 Å². The zero-order valence-corrected chi connectivity index (χ0v) is 28.5. The van der Waals surface area contributed by atoms with E-state index >= 15 is 0 Å². The van der Waals surface area contributed by atoms with Crippen molar-refractivity contribution in [2.24, 2.45) is 0 Å². The molecule has 0 saturated heterocycles. The molecular formula is C39H33IrN3O2Si-2. The SMILES string of the molecule is C[Si](C)(C)c1ccc(-c2[c-]cccc2)nc1.[2H]C([2H])([2H])c1cnc(-c2[c-]nc(C([2H])([2H])[2H])c3c2oc2cc4oc5ccccc5c4cc23)cc1C([2H])([2H])[2H].[Ir]. The van der Waals surface area contributed by atoms with E-state index in [-0.39, 0.29) is 48.0 Å². The molecule has 0 N–H and O–H groups in total. The number of para-hydroxylation sites is 1. The summed E-state index contributed by atoms with van der Waals surface area (Å²) >= 11 is 0. The molecule has 5 heterocycles. The number of hydrogen-bond acceptors (Lipinski definition) is 5. The Balaban J connectivity index is 0.000000254. The third-order valence-corrected chi connectivity index (χ3v) is 9.73. The minimum atomic E-state index is -2.74. The molecule has 0 spiro atoms. The Bertz CT molecular complexity index is 2660. The maximum absolute atomic E-state index is 8.06. The molecule has 0 saturated carbocycles. The van der Waals surface area contributed by atoms with Gasteiger partial charge in [-0.15, -0.1) is 35.9 Å². The van der Waals surface area contributed by atoms with Crippen LogP contribution in [0.1, 0.15) is 29.2 Å². The van der Waals surface area contributed by atoms with E-state index in [1.54, 1.807) is 12.1 Å². The standard InChI is InChI=1S/C25H17N2O2.C14H16NSi.Ir/c1-13-8-20(27-11-14(13)2)19-12-26-15(3)24-18-9-17-16-6-4-5-7-21(16)28-22(17)10-23(18)29-25(19)24;1-16(2,3)13-9-10-14(15-11-13)12-7-5-4-6-8-12;/h4-11H,1-3H3;4-7,9-11H,1-3H3;/q2*-1;/i1D3,2D3,3D3;;. The van der Waals surface area contributed by atoms with Gasteiger partial charge in [-0.05, 0) is 65.3 Å². The van der Waals surface area contributed by atoms with E-state index in [1.807, 2.05) is 54.7 Å². The van der Waals surface area contributed by atoms with Gasteiger partial charge in [-0.3, -0.25) is 0 Å². The summed E-state index contributed by atoms with van der Waals surface area (Å²) in [5.74, 6) is 0. The number of rotatable bonds is 3. The summed E-state index contributed by atoms with van der Waals surface area (Å²) in [5, 5.41) is 3.67. The van der Waals surface area contributed by atoms with Crippen LogP contribution in [0.25, 0.3) is 66.4 Å². The van der Waals surface area contributed by atoms with Crippen molar-refractivity contribution in [3.05, 3.63) is 120 Å². The topological polar surface area (TPSA) is 65.0 Å². The predicted octanol–water partition coefficient (Wildman–Crippen LogP) is 9.76. The van der Waals surface area contributed by atoms with Gasteiger partial charge in [-0.1, -0.05) is 74.0 Å². The van der Waals surface area contributed by atoms with E-state index in [9.17, 15) is 0 Å². The van der Waals surface area contributed by atoms with E-state index < -0.39 is 39.8 Å². The first-order chi connectivity index (χ1) is 25.3. The molecule has 0 fully saturated rings. The van der Waals surface area contributed by atoms with Crippen LogP contribution < -0.4 is 5.19 Å². The van der Waals surface area contributed by atoms with Crippen LogP contribution in [-0.4, -0.2) is 23.0 Å². The zero-order chi connectivity index (χ0) is 38.8. The second-order valence-corrected chi connectivity index (χ2v) is 16.8. The van der Waals surface area contributed by atoms with E-state index in [4.69, 9.17) is 21.2 Å². The van der Waals surface area contributed by atoms with Crippen LogP contribution in [-0.2, 0) is 20.1 Å². The Kier molecular flexibility index (Phi) is 5.98. The van der Waals surface area contributed by atoms with Gasteiger partial charge in [0.1, 0.15) is 16.7 Å². The average molecular weight is 805 g/mol. The summed E-state index contributed by atoms with van der Waals surface area (Å²) in [6.45, 7) is -1.06. The number of hydrogen-bond donors (Lipinski definition) is 0. The van der Waals surface area contributed by atoms with Gasteiger partial charge >= 0.3 is 0 Å². The molecule has 0 amide bonds. The van der Waals surface area contributed by atoms with Crippen LogP contribution in [0.3, 0.4) is 0 Å². The van der Waals surface area contributed by atoms with Gasteiger partial charge in [-0.25, -0.2) is 0 Å². The largest absolute Gasteiger partial charge is 0.500 e. The molecular weight excluding hydrogens is 763 g/mol. The van der Waals surface area contributed by atoms with Crippen LogP contribution in [0.2, 0.25) is 19.6 Å². The Morgan fingerprint density at radius 1 is 0.717 bits per heavy atom. The number of aryl methyl sites for hydroxylation is 3. The summed E-state index contributed by atoms with van der Waals surface area (Å²) in [6.07, 6.45) is 5.66. The molecule has 7 heteroatoms. The van der Waals surface area contributed by atoms with Crippen LogP contribution in [0, 0.1) is 32.8 Å². The maximum Gasteiger partial charge on any atom is 0.139 e. The van der Waals surface area contributed by atoms with Gasteiger partial charge in [0.25, 0.3) is 0 Å². The summed E-state index contributed by atoms with van der Waals surface area (Å²) in [4.78, 5) is 12.8. The first-order valence-corrected chi connectivity index (χ1v) is 17.9. The molecule has 46 heavy (non-hydrogen) atoms. The number of benzene rings is 3. The van der Waals surface area contributed by atoms with Gasteiger partial charge in [0, 0.05) is 67.1 Å². The minimum absolute atomic E-state index is 0. The summed E-state index contributed by atoms with van der Waals surface area (Å²) < 4.78 is 83.0. The van der Waals surface area contributed by atoms with E-state index in [2.05, 4.69) is 59.0 Å². The molecule has 231 valence electrons. The quantitative estimate of drug-likeness (QED) is 0.132. The van der Waals surface area contributed by atoms with Crippen LogP contribution >= 0.6 is 0 Å². The Morgan fingerprint density at radius 3 is 2.26 bits per heavy atom. The van der Waals surface area contributed by atoms with Crippen LogP contribution in [0.5, 0.6) is 0 Å². The van der Waals surface area contributed by atoms with Gasteiger partial charge in [0.2, 0.25) is 0 Å². The number of furan rings is 2. The van der Waals surface area contributed by atoms with Crippen molar-refractivity contribution >= 4 is 57.1 Å². The molecule has 8 aromatic rings. The molecule has 1 radical (unpaired) electrons. The number of aromatic nitrogens is 3. The molecule has 5 nitrogen and oxygen atoms in total. The smallest absolute Gasteiger partial charge is 0.139 e. The first-order valence-electron chi connectivity index (χ1n) is 18.9. The Morgan fingerprint density at radius 2 is 1.52 bits per heavy atom. The van der Waals surface area contributed by atoms with Crippen molar-refractivity contribution in [3.63, 3.8) is 0 Å². The van der Waals surface area contributed by atoms with Crippen molar-refractivity contribution in [3.8, 4) is 22.5 Å². The van der Waals surface area contributed by atoms with Crippen LogP contribution in [0.15, 0.2) is 100 Å². The number of nitrogens with zero attached hydrogens (tertiary/aromatic N) is 3. The molecule has 3 aromatic carbocycles. The fourth-order valence-corrected chi connectivity index (χ4v) is 6.30. The molecule has 0 bridgehead atoms. The summed E-state index contributed by atoms with van der Waals surface area (Å²) in [5.41, 5.74) is 2.78. The van der Waals surface area contributed by atoms with Crippen molar-refractivity contribution in [2.75, 3.05) is 0 Å².